The van der Waals surface area contributed by atoms with Crippen molar-refractivity contribution in [3.8, 4) is 0 Å². The summed E-state index contributed by atoms with van der Waals surface area (Å²) in [5.74, 6) is 0. The Bertz CT molecular complexity index is 457. The van der Waals surface area contributed by atoms with Crippen LogP contribution in [-0.4, -0.2) is 43.9 Å². The van der Waals surface area contributed by atoms with Crippen LogP contribution >= 0.6 is 0 Å². The van der Waals surface area contributed by atoms with Gasteiger partial charge in [-0.05, 0) is 37.1 Å². The third-order valence-electron chi connectivity index (χ3n) is 3.89. The first-order chi connectivity index (χ1) is 10.5. The summed E-state index contributed by atoms with van der Waals surface area (Å²) in [7, 11) is 1.67. The number of benzene rings is 1. The van der Waals surface area contributed by atoms with E-state index in [1.165, 1.54) is 10.5 Å². The van der Waals surface area contributed by atoms with Crippen molar-refractivity contribution in [3.63, 3.8) is 0 Å². The first-order valence-electron chi connectivity index (χ1n) is 7.55. The molecule has 22 heavy (non-hydrogen) atoms. The maximum absolute atomic E-state index is 12.3. The lowest BCUT2D eigenvalue weighted by Crippen LogP contribution is -2.45. The summed E-state index contributed by atoms with van der Waals surface area (Å²) in [4.78, 5) is 1.48. The molecule has 0 radical (unpaired) electrons. The molecule has 1 aromatic carbocycles. The van der Waals surface area contributed by atoms with E-state index < -0.39 is 12.7 Å². The molecule has 0 spiro atoms. The molecule has 1 aliphatic heterocycles. The van der Waals surface area contributed by atoms with Crippen LogP contribution in [0.3, 0.4) is 0 Å². The van der Waals surface area contributed by atoms with E-state index in [9.17, 15) is 13.2 Å². The van der Waals surface area contributed by atoms with Crippen molar-refractivity contribution in [2.24, 2.45) is 0 Å². The smallest absolute Gasteiger partial charge is 0.380 e. The van der Waals surface area contributed by atoms with Crippen LogP contribution in [0.1, 0.15) is 24.0 Å². The van der Waals surface area contributed by atoms with Gasteiger partial charge in [-0.1, -0.05) is 24.3 Å². The summed E-state index contributed by atoms with van der Waals surface area (Å²) in [6, 6.07) is 8.44. The molecule has 124 valence electrons. The maximum Gasteiger partial charge on any atom is 0.401 e. The Morgan fingerprint density at radius 2 is 1.91 bits per heavy atom. The van der Waals surface area contributed by atoms with E-state index in [1.54, 1.807) is 7.11 Å². The Hall–Kier alpha value is -1.11. The van der Waals surface area contributed by atoms with Gasteiger partial charge in [-0.15, -0.1) is 0 Å². The van der Waals surface area contributed by atoms with E-state index >= 15 is 0 Å². The third-order valence-corrected chi connectivity index (χ3v) is 3.89. The molecular formula is C16H23F3N2O. The number of ether oxygens (including phenoxy) is 1. The quantitative estimate of drug-likeness (QED) is 0.873. The average Bonchev–Trinajstić information content (AvgIpc) is 2.46. The zero-order valence-corrected chi connectivity index (χ0v) is 12.8. The van der Waals surface area contributed by atoms with Gasteiger partial charge in [-0.2, -0.15) is 13.2 Å². The van der Waals surface area contributed by atoms with E-state index in [1.807, 2.05) is 18.2 Å². The van der Waals surface area contributed by atoms with Crippen LogP contribution in [0.15, 0.2) is 24.3 Å². The molecule has 1 fully saturated rings. The Morgan fingerprint density at radius 1 is 1.23 bits per heavy atom. The highest BCUT2D eigenvalue weighted by Crippen LogP contribution is 2.20. The predicted molar refractivity (Wildman–Crippen MR) is 79.5 cm³/mol. The van der Waals surface area contributed by atoms with E-state index in [-0.39, 0.29) is 6.04 Å². The van der Waals surface area contributed by atoms with Crippen molar-refractivity contribution >= 4 is 0 Å². The Morgan fingerprint density at radius 3 is 2.55 bits per heavy atom. The van der Waals surface area contributed by atoms with Gasteiger partial charge in [0.25, 0.3) is 0 Å². The predicted octanol–water partition coefficient (Wildman–Crippen LogP) is 2.95. The number of rotatable bonds is 6. The molecule has 1 heterocycles. The first-order valence-corrected chi connectivity index (χ1v) is 7.55. The topological polar surface area (TPSA) is 24.5 Å². The van der Waals surface area contributed by atoms with Crippen molar-refractivity contribution in [3.05, 3.63) is 35.4 Å². The fourth-order valence-electron chi connectivity index (χ4n) is 2.81. The molecule has 1 aliphatic rings. The molecule has 0 aromatic heterocycles. The molecule has 0 bridgehead atoms. The zero-order chi connectivity index (χ0) is 16.0. The molecule has 3 nitrogen and oxygen atoms in total. The van der Waals surface area contributed by atoms with Gasteiger partial charge in [-0.3, -0.25) is 4.90 Å². The van der Waals surface area contributed by atoms with Crippen LogP contribution < -0.4 is 5.32 Å². The summed E-state index contributed by atoms with van der Waals surface area (Å²) >= 11 is 0. The van der Waals surface area contributed by atoms with Crippen molar-refractivity contribution in [2.75, 3.05) is 26.7 Å². The Balaban J connectivity index is 1.74. The normalized spacial score (nSPS) is 17.8. The Labute approximate surface area is 129 Å². The van der Waals surface area contributed by atoms with Gasteiger partial charge < -0.3 is 10.1 Å². The van der Waals surface area contributed by atoms with E-state index in [0.29, 0.717) is 19.7 Å². The molecule has 1 N–H and O–H groups in total. The number of methoxy groups -OCH3 is 1. The molecule has 1 saturated heterocycles. The number of nitrogens with one attached hydrogen (secondary N) is 1. The second-order valence-corrected chi connectivity index (χ2v) is 5.80. The molecule has 1 aromatic rings. The highest BCUT2D eigenvalue weighted by molar-refractivity contribution is 5.22. The monoisotopic (exact) mass is 316 g/mol. The zero-order valence-electron chi connectivity index (χ0n) is 12.8. The van der Waals surface area contributed by atoms with Gasteiger partial charge >= 0.3 is 6.18 Å². The number of piperidine rings is 1. The van der Waals surface area contributed by atoms with Crippen LogP contribution in [0.4, 0.5) is 13.2 Å². The number of alkyl halides is 3. The minimum Gasteiger partial charge on any atom is -0.380 e. The third kappa shape index (κ3) is 5.94. The lowest BCUT2D eigenvalue weighted by atomic mass is 10.0. The lowest BCUT2D eigenvalue weighted by molar-refractivity contribution is -0.148. The molecule has 0 saturated carbocycles. The summed E-state index contributed by atoms with van der Waals surface area (Å²) in [6.45, 7) is 1.53. The Kier molecular flexibility index (Phi) is 6.23. The number of hydrogen-bond donors (Lipinski definition) is 1. The highest BCUT2D eigenvalue weighted by Gasteiger charge is 2.32. The molecule has 0 atom stereocenters. The largest absolute Gasteiger partial charge is 0.401 e. The highest BCUT2D eigenvalue weighted by atomic mass is 19.4. The van der Waals surface area contributed by atoms with Gasteiger partial charge in [0.15, 0.2) is 0 Å². The van der Waals surface area contributed by atoms with Crippen LogP contribution in [0.5, 0.6) is 0 Å². The van der Waals surface area contributed by atoms with E-state index in [2.05, 4.69) is 11.4 Å². The molecule has 2 rings (SSSR count). The summed E-state index contributed by atoms with van der Waals surface area (Å²) in [6.07, 6.45) is -2.58. The fourth-order valence-corrected chi connectivity index (χ4v) is 2.81. The summed E-state index contributed by atoms with van der Waals surface area (Å²) in [5.41, 5.74) is 2.30. The number of halogens is 3. The van der Waals surface area contributed by atoms with Crippen LogP contribution in [0, 0.1) is 0 Å². The van der Waals surface area contributed by atoms with Crippen LogP contribution in [0.2, 0.25) is 0 Å². The van der Waals surface area contributed by atoms with Crippen LogP contribution in [-0.2, 0) is 17.9 Å². The van der Waals surface area contributed by atoms with Crippen LogP contribution in [0.25, 0.3) is 0 Å². The van der Waals surface area contributed by atoms with Crippen molar-refractivity contribution in [1.82, 2.24) is 10.2 Å². The molecular weight excluding hydrogens is 293 g/mol. The van der Waals surface area contributed by atoms with Gasteiger partial charge in [0, 0.05) is 19.7 Å². The number of hydrogen-bond acceptors (Lipinski definition) is 3. The standard InChI is InChI=1S/C16H23F3N2O/c1-22-11-14-4-2-3-13(9-14)10-20-15-5-7-21(8-6-15)12-16(17,18)19/h2-4,9,15,20H,5-8,10-12H2,1H3. The van der Waals surface area contributed by atoms with E-state index in [0.717, 1.165) is 24.9 Å². The first kappa shape index (κ1) is 17.2. The number of likely N-dealkylation sites (tertiary alicyclic amines) is 1. The minimum atomic E-state index is -4.10. The maximum atomic E-state index is 12.3. The van der Waals surface area contributed by atoms with Crippen molar-refractivity contribution < 1.29 is 17.9 Å². The van der Waals surface area contributed by atoms with Gasteiger partial charge in [0.05, 0.1) is 13.2 Å². The average molecular weight is 316 g/mol. The fraction of sp³-hybridized carbons (Fsp3) is 0.625. The molecule has 0 amide bonds. The summed E-state index contributed by atoms with van der Waals surface area (Å²) < 4.78 is 42.1. The molecule has 0 unspecified atom stereocenters. The second-order valence-electron chi connectivity index (χ2n) is 5.80. The SMILES string of the molecule is COCc1cccc(CNC2CCN(CC(F)(F)F)CC2)c1. The van der Waals surface area contributed by atoms with Crippen molar-refractivity contribution in [2.45, 2.75) is 38.2 Å². The van der Waals surface area contributed by atoms with Gasteiger partial charge in [0.2, 0.25) is 0 Å². The number of nitrogens with zero attached hydrogens (tertiary/aromatic N) is 1. The van der Waals surface area contributed by atoms with Crippen molar-refractivity contribution in [1.29, 1.82) is 0 Å². The summed E-state index contributed by atoms with van der Waals surface area (Å²) in [5, 5.41) is 3.44. The molecule has 0 aliphatic carbocycles. The minimum absolute atomic E-state index is 0.288. The second kappa shape index (κ2) is 7.94. The van der Waals surface area contributed by atoms with E-state index in [4.69, 9.17) is 4.74 Å². The lowest BCUT2D eigenvalue weighted by Gasteiger charge is -2.32. The molecule has 6 heteroatoms. The van der Waals surface area contributed by atoms with Gasteiger partial charge in [0.1, 0.15) is 0 Å². The van der Waals surface area contributed by atoms with Gasteiger partial charge in [-0.25, -0.2) is 0 Å².